The van der Waals surface area contributed by atoms with Gasteiger partial charge in [-0.05, 0) is 38.8 Å². The van der Waals surface area contributed by atoms with E-state index < -0.39 is 10.0 Å². The first-order valence-corrected chi connectivity index (χ1v) is 10.2. The first-order chi connectivity index (χ1) is 12.8. The van der Waals surface area contributed by atoms with E-state index in [2.05, 4.69) is 15.5 Å². The molecule has 2 aromatic rings. The van der Waals surface area contributed by atoms with Crippen molar-refractivity contribution in [3.8, 4) is 5.75 Å². The molecule has 0 saturated carbocycles. The highest BCUT2D eigenvalue weighted by molar-refractivity contribution is 7.89. The van der Waals surface area contributed by atoms with Gasteiger partial charge in [0.15, 0.2) is 0 Å². The van der Waals surface area contributed by atoms with Gasteiger partial charge in [0.25, 0.3) is 0 Å². The molecule has 8 nitrogen and oxygen atoms in total. The lowest BCUT2D eigenvalue weighted by Crippen LogP contribution is -2.41. The Morgan fingerprint density at radius 3 is 2.59 bits per heavy atom. The molecule has 0 radical (unpaired) electrons. The molecule has 1 aliphatic heterocycles. The van der Waals surface area contributed by atoms with Crippen molar-refractivity contribution >= 4 is 21.6 Å². The number of sulfonamides is 1. The third-order valence-electron chi connectivity index (χ3n) is 4.82. The van der Waals surface area contributed by atoms with Gasteiger partial charge in [-0.1, -0.05) is 6.07 Å². The molecule has 27 heavy (non-hydrogen) atoms. The lowest BCUT2D eigenvalue weighted by molar-refractivity contribution is -0.120. The van der Waals surface area contributed by atoms with E-state index in [0.717, 1.165) is 0 Å². The van der Waals surface area contributed by atoms with Gasteiger partial charge < -0.3 is 10.1 Å². The summed E-state index contributed by atoms with van der Waals surface area (Å²) in [5.41, 5.74) is 1.66. The number of aromatic nitrogens is 2. The Hall–Kier alpha value is -2.39. The lowest BCUT2D eigenvalue weighted by Gasteiger charge is -2.30. The fourth-order valence-electron chi connectivity index (χ4n) is 3.35. The van der Waals surface area contributed by atoms with Crippen LogP contribution in [0.15, 0.2) is 29.2 Å². The zero-order chi connectivity index (χ0) is 19.6. The number of methoxy groups -OCH3 is 1. The topological polar surface area (TPSA) is 104 Å². The van der Waals surface area contributed by atoms with Gasteiger partial charge in [-0.3, -0.25) is 9.89 Å². The highest BCUT2D eigenvalue weighted by Gasteiger charge is 2.34. The zero-order valence-corrected chi connectivity index (χ0v) is 16.5. The van der Waals surface area contributed by atoms with Crippen LogP contribution in [0.4, 0.5) is 5.69 Å². The average Bonchev–Trinajstić information content (AvgIpc) is 3.01. The number of nitrogens with zero attached hydrogens (tertiary/aromatic N) is 2. The van der Waals surface area contributed by atoms with Crippen LogP contribution in [0.3, 0.4) is 0 Å². The quantitative estimate of drug-likeness (QED) is 0.811. The van der Waals surface area contributed by atoms with Gasteiger partial charge in [0.05, 0.1) is 18.5 Å². The summed E-state index contributed by atoms with van der Waals surface area (Å²) in [4.78, 5) is 12.8. The molecule has 0 bridgehead atoms. The molecule has 2 N–H and O–H groups in total. The van der Waals surface area contributed by atoms with E-state index in [1.54, 1.807) is 45.2 Å². The number of aryl methyl sites for hydroxylation is 2. The Balaban J connectivity index is 1.64. The van der Waals surface area contributed by atoms with Crippen molar-refractivity contribution < 1.29 is 17.9 Å². The normalized spacial score (nSPS) is 16.3. The molecular formula is C18H24N4O4S. The Morgan fingerprint density at radius 2 is 2.00 bits per heavy atom. The van der Waals surface area contributed by atoms with E-state index in [-0.39, 0.29) is 16.7 Å². The van der Waals surface area contributed by atoms with Gasteiger partial charge in [-0.2, -0.15) is 9.40 Å². The number of carbonyl (C=O) groups is 1. The predicted molar refractivity (Wildman–Crippen MR) is 101 cm³/mol. The summed E-state index contributed by atoms with van der Waals surface area (Å²) < 4.78 is 32.4. The second-order valence-electron chi connectivity index (χ2n) is 6.66. The summed E-state index contributed by atoms with van der Waals surface area (Å²) in [5.74, 6) is 0.338. The van der Waals surface area contributed by atoms with Crippen LogP contribution in [0.25, 0.3) is 0 Å². The second-order valence-corrected chi connectivity index (χ2v) is 8.54. The number of carbonyl (C=O) groups excluding carboxylic acids is 1. The third kappa shape index (κ3) is 3.98. The number of hydrogen-bond donors (Lipinski definition) is 2. The maximum Gasteiger partial charge on any atom is 0.246 e. The molecule has 1 saturated heterocycles. The predicted octanol–water partition coefficient (Wildman–Crippen LogP) is 2.07. The van der Waals surface area contributed by atoms with Crippen LogP contribution < -0.4 is 10.1 Å². The van der Waals surface area contributed by atoms with Crippen LogP contribution in [0.1, 0.15) is 24.2 Å². The summed E-state index contributed by atoms with van der Waals surface area (Å²) in [6.45, 7) is 3.98. The van der Waals surface area contributed by atoms with Crippen molar-refractivity contribution in [1.82, 2.24) is 14.5 Å². The average molecular weight is 392 g/mol. The van der Waals surface area contributed by atoms with Gasteiger partial charge >= 0.3 is 0 Å². The number of anilines is 1. The molecule has 3 rings (SSSR count). The maximum absolute atomic E-state index is 12.9. The zero-order valence-electron chi connectivity index (χ0n) is 15.7. The van der Waals surface area contributed by atoms with Crippen molar-refractivity contribution in [2.45, 2.75) is 31.6 Å². The van der Waals surface area contributed by atoms with E-state index in [1.165, 1.54) is 4.31 Å². The van der Waals surface area contributed by atoms with Gasteiger partial charge in [0.2, 0.25) is 15.9 Å². The molecule has 2 heterocycles. The van der Waals surface area contributed by atoms with Crippen LogP contribution in [0, 0.1) is 19.8 Å². The number of hydrogen-bond acceptors (Lipinski definition) is 5. The summed E-state index contributed by atoms with van der Waals surface area (Å²) in [7, 11) is -2.04. The van der Waals surface area contributed by atoms with E-state index in [4.69, 9.17) is 4.74 Å². The Morgan fingerprint density at radius 1 is 1.30 bits per heavy atom. The first-order valence-electron chi connectivity index (χ1n) is 8.79. The molecule has 0 atom stereocenters. The molecule has 1 aliphatic rings. The number of benzene rings is 1. The fourth-order valence-corrected chi connectivity index (χ4v) is 5.15. The van der Waals surface area contributed by atoms with E-state index in [9.17, 15) is 13.2 Å². The number of piperidine rings is 1. The van der Waals surface area contributed by atoms with Crippen LogP contribution in [-0.4, -0.2) is 49.0 Å². The molecule has 146 valence electrons. The minimum Gasteiger partial charge on any atom is -0.497 e. The lowest BCUT2D eigenvalue weighted by atomic mass is 9.97. The number of ether oxygens (including phenoxy) is 1. The van der Waals surface area contributed by atoms with Crippen molar-refractivity contribution in [3.05, 3.63) is 35.7 Å². The van der Waals surface area contributed by atoms with Crippen molar-refractivity contribution in [2.75, 3.05) is 25.5 Å². The summed E-state index contributed by atoms with van der Waals surface area (Å²) in [6, 6.07) is 7.16. The second kappa shape index (κ2) is 7.69. The van der Waals surface area contributed by atoms with Crippen LogP contribution in [0.2, 0.25) is 0 Å². The van der Waals surface area contributed by atoms with Crippen molar-refractivity contribution in [1.29, 1.82) is 0 Å². The highest BCUT2D eigenvalue weighted by atomic mass is 32.2. The smallest absolute Gasteiger partial charge is 0.246 e. The molecule has 1 fully saturated rings. The number of nitrogens with one attached hydrogen (secondary N) is 2. The van der Waals surface area contributed by atoms with Gasteiger partial charge in [-0.25, -0.2) is 8.42 Å². The standard InChI is InChI=1S/C18H24N4O4S/c1-12-17(13(2)21-20-12)27(24,25)22-9-7-14(8-10-22)18(23)19-15-5-4-6-16(11-15)26-3/h4-6,11,14H,7-10H2,1-3H3,(H,19,23)(H,20,21). The van der Waals surface area contributed by atoms with Gasteiger partial charge in [0.1, 0.15) is 10.6 Å². The summed E-state index contributed by atoms with van der Waals surface area (Å²) >= 11 is 0. The fraction of sp³-hybridized carbons (Fsp3) is 0.444. The third-order valence-corrected chi connectivity index (χ3v) is 6.98. The largest absolute Gasteiger partial charge is 0.497 e. The Labute approximate surface area is 159 Å². The van der Waals surface area contributed by atoms with E-state index in [1.807, 2.05) is 0 Å². The Kier molecular flexibility index (Phi) is 5.52. The number of rotatable bonds is 5. The highest BCUT2D eigenvalue weighted by Crippen LogP contribution is 2.27. The molecule has 1 aromatic carbocycles. The van der Waals surface area contributed by atoms with Gasteiger partial charge in [-0.15, -0.1) is 0 Å². The molecule has 0 unspecified atom stereocenters. The van der Waals surface area contributed by atoms with Crippen molar-refractivity contribution in [3.63, 3.8) is 0 Å². The molecule has 1 aromatic heterocycles. The molecular weight excluding hydrogens is 368 g/mol. The Bertz CT molecular complexity index is 911. The minimum atomic E-state index is -3.61. The van der Waals surface area contributed by atoms with Crippen LogP contribution in [0.5, 0.6) is 5.75 Å². The SMILES string of the molecule is COc1cccc(NC(=O)C2CCN(S(=O)(=O)c3c(C)n[nH]c3C)CC2)c1. The van der Waals surface area contributed by atoms with E-state index >= 15 is 0 Å². The van der Waals surface area contributed by atoms with Crippen LogP contribution in [-0.2, 0) is 14.8 Å². The monoisotopic (exact) mass is 392 g/mol. The molecule has 9 heteroatoms. The van der Waals surface area contributed by atoms with E-state index in [0.29, 0.717) is 48.8 Å². The number of amides is 1. The number of H-pyrrole nitrogens is 1. The summed E-state index contributed by atoms with van der Waals surface area (Å²) in [6.07, 6.45) is 0.954. The summed E-state index contributed by atoms with van der Waals surface area (Å²) in [5, 5.41) is 9.58. The first kappa shape index (κ1) is 19.4. The molecule has 0 spiro atoms. The van der Waals surface area contributed by atoms with Gasteiger partial charge in [0, 0.05) is 30.8 Å². The van der Waals surface area contributed by atoms with Crippen molar-refractivity contribution in [2.24, 2.45) is 5.92 Å². The number of aromatic amines is 1. The van der Waals surface area contributed by atoms with Crippen LogP contribution >= 0.6 is 0 Å². The molecule has 1 amide bonds. The minimum absolute atomic E-state index is 0.101. The molecule has 0 aliphatic carbocycles. The maximum atomic E-state index is 12.9.